The van der Waals surface area contributed by atoms with Crippen LogP contribution in [-0.2, 0) is 10.8 Å². The number of fused-ring (bicyclic) bond motifs is 13. The van der Waals surface area contributed by atoms with Gasteiger partial charge in [-0.3, -0.25) is 0 Å². The van der Waals surface area contributed by atoms with Crippen LogP contribution in [0.3, 0.4) is 0 Å². The van der Waals surface area contributed by atoms with Crippen LogP contribution in [0, 0.1) is 0 Å². The van der Waals surface area contributed by atoms with Gasteiger partial charge in [0, 0.05) is 20.6 Å². The molecule has 7 aromatic rings. The van der Waals surface area contributed by atoms with Gasteiger partial charge in [0.1, 0.15) is 0 Å². The highest BCUT2D eigenvalue weighted by Gasteiger charge is 2.54. The van der Waals surface area contributed by atoms with Crippen molar-refractivity contribution < 1.29 is 0 Å². The summed E-state index contributed by atoms with van der Waals surface area (Å²) in [6, 6.07) is 43.6. The molecule has 0 unspecified atom stereocenters. The van der Waals surface area contributed by atoms with Gasteiger partial charge >= 0.3 is 0 Å². The number of benzene rings is 5. The molecular weight excluding hydrogens is 559 g/mol. The number of para-hydroxylation sites is 1. The smallest absolute Gasteiger partial charge is 0.0771 e. The molecule has 5 aromatic carbocycles. The number of hydrogen-bond donors (Lipinski definition) is 0. The normalized spacial score (nSPS) is 16.0. The number of rotatable bonds is 1. The third-order valence-corrected chi connectivity index (χ3v) is 12.2. The SMILES string of the molecule is CC1(C)c2ccccc2-c2cc3c(cc21)N(c1cccc2ccccc12)c1ccccc1C31c2ccsc2-c2sccc21. The minimum atomic E-state index is -0.367. The lowest BCUT2D eigenvalue weighted by molar-refractivity contribution is 0.658. The predicted molar refractivity (Wildman–Crippen MR) is 183 cm³/mol. The molecule has 0 bridgehead atoms. The van der Waals surface area contributed by atoms with Gasteiger partial charge in [0.2, 0.25) is 0 Å². The molecule has 43 heavy (non-hydrogen) atoms. The van der Waals surface area contributed by atoms with Crippen LogP contribution in [-0.4, -0.2) is 0 Å². The summed E-state index contributed by atoms with van der Waals surface area (Å²) in [4.78, 5) is 5.41. The van der Waals surface area contributed by atoms with Crippen LogP contribution in [0.5, 0.6) is 0 Å². The van der Waals surface area contributed by atoms with Gasteiger partial charge in [0.05, 0.1) is 22.5 Å². The average Bonchev–Trinajstić information content (AvgIpc) is 3.81. The topological polar surface area (TPSA) is 3.24 Å². The highest BCUT2D eigenvalue weighted by Crippen LogP contribution is 2.67. The van der Waals surface area contributed by atoms with E-state index in [0.717, 1.165) is 0 Å². The van der Waals surface area contributed by atoms with E-state index in [0.29, 0.717) is 0 Å². The van der Waals surface area contributed by atoms with Crippen molar-refractivity contribution in [3.05, 3.63) is 159 Å². The average molecular weight is 586 g/mol. The predicted octanol–water partition coefficient (Wildman–Crippen LogP) is 11.4. The maximum atomic E-state index is 2.57. The van der Waals surface area contributed by atoms with Crippen molar-refractivity contribution in [2.75, 3.05) is 4.90 Å². The van der Waals surface area contributed by atoms with Gasteiger partial charge in [-0.2, -0.15) is 0 Å². The van der Waals surface area contributed by atoms with Gasteiger partial charge in [0.25, 0.3) is 0 Å². The van der Waals surface area contributed by atoms with Crippen LogP contribution >= 0.6 is 22.7 Å². The van der Waals surface area contributed by atoms with E-state index in [-0.39, 0.29) is 10.8 Å². The molecule has 204 valence electrons. The Bertz CT molecular complexity index is 2250. The van der Waals surface area contributed by atoms with Crippen LogP contribution in [0.25, 0.3) is 31.7 Å². The molecule has 2 aliphatic carbocycles. The van der Waals surface area contributed by atoms with Gasteiger partial charge < -0.3 is 4.90 Å². The minimum absolute atomic E-state index is 0.0910. The van der Waals surface area contributed by atoms with E-state index >= 15 is 0 Å². The third kappa shape index (κ3) is 2.79. The van der Waals surface area contributed by atoms with E-state index in [1.165, 1.54) is 82.1 Å². The van der Waals surface area contributed by atoms with Gasteiger partial charge in [-0.25, -0.2) is 0 Å². The molecule has 3 aliphatic rings. The van der Waals surface area contributed by atoms with E-state index in [9.17, 15) is 0 Å². The van der Waals surface area contributed by atoms with E-state index in [4.69, 9.17) is 0 Å². The zero-order chi connectivity index (χ0) is 28.5. The Morgan fingerprint density at radius 3 is 1.95 bits per heavy atom. The Morgan fingerprint density at radius 2 is 1.14 bits per heavy atom. The highest BCUT2D eigenvalue weighted by molar-refractivity contribution is 7.21. The fraction of sp³-hybridized carbons (Fsp3) is 0.100. The molecule has 0 fully saturated rings. The molecule has 0 amide bonds. The summed E-state index contributed by atoms with van der Waals surface area (Å²) in [5.74, 6) is 0. The van der Waals surface area contributed by atoms with Crippen molar-refractivity contribution in [3.8, 4) is 20.9 Å². The first-order valence-corrected chi connectivity index (χ1v) is 16.7. The molecule has 0 radical (unpaired) electrons. The van der Waals surface area contributed by atoms with Gasteiger partial charge in [-0.05, 0) is 97.1 Å². The first-order chi connectivity index (χ1) is 21.1. The molecule has 0 N–H and O–H groups in total. The van der Waals surface area contributed by atoms with Crippen molar-refractivity contribution in [1.29, 1.82) is 0 Å². The molecular formula is C40H27NS2. The first kappa shape index (κ1) is 24.0. The van der Waals surface area contributed by atoms with E-state index in [2.05, 4.69) is 145 Å². The fourth-order valence-corrected chi connectivity index (χ4v) is 10.5. The molecule has 10 rings (SSSR count). The second-order valence-corrected chi connectivity index (χ2v) is 14.3. The van der Waals surface area contributed by atoms with E-state index < -0.39 is 0 Å². The lowest BCUT2D eigenvalue weighted by atomic mass is 9.64. The lowest BCUT2D eigenvalue weighted by Crippen LogP contribution is -2.36. The van der Waals surface area contributed by atoms with Crippen molar-refractivity contribution in [3.63, 3.8) is 0 Å². The van der Waals surface area contributed by atoms with E-state index in [1.54, 1.807) is 0 Å². The molecule has 0 saturated heterocycles. The summed E-state index contributed by atoms with van der Waals surface area (Å²) in [7, 11) is 0. The zero-order valence-electron chi connectivity index (χ0n) is 23.9. The van der Waals surface area contributed by atoms with Crippen molar-refractivity contribution >= 4 is 50.5 Å². The van der Waals surface area contributed by atoms with Gasteiger partial charge in [-0.15, -0.1) is 22.7 Å². The Morgan fingerprint density at radius 1 is 0.488 bits per heavy atom. The van der Waals surface area contributed by atoms with Crippen molar-refractivity contribution in [2.24, 2.45) is 0 Å². The fourth-order valence-electron chi connectivity index (χ4n) is 8.43. The Balaban J connectivity index is 1.40. The summed E-state index contributed by atoms with van der Waals surface area (Å²) in [6.07, 6.45) is 0. The van der Waals surface area contributed by atoms with Gasteiger partial charge in [0.15, 0.2) is 0 Å². The molecule has 1 aliphatic heterocycles. The van der Waals surface area contributed by atoms with Crippen LogP contribution in [0.2, 0.25) is 0 Å². The third-order valence-electron chi connectivity index (χ3n) is 10.2. The lowest BCUT2D eigenvalue weighted by Gasteiger charge is -2.45. The Labute approximate surface area is 259 Å². The minimum Gasteiger partial charge on any atom is -0.309 e. The Hall–Kier alpha value is -4.44. The zero-order valence-corrected chi connectivity index (χ0v) is 25.5. The standard InChI is InChI=1S/C40H27NS2/c1-39(2)28-14-6-5-13-26(28)27-22-33-36(23-32(27)39)41(34-17-9-11-24-10-3-4-12-25(24)34)35-16-8-7-15-29(35)40(33)30-18-20-42-37(30)38-31(40)19-21-43-38/h3-23H,1-2H3. The van der Waals surface area contributed by atoms with Crippen molar-refractivity contribution in [2.45, 2.75) is 24.7 Å². The van der Waals surface area contributed by atoms with Crippen LogP contribution in [0.4, 0.5) is 17.1 Å². The van der Waals surface area contributed by atoms with Crippen molar-refractivity contribution in [1.82, 2.24) is 0 Å². The molecule has 2 aromatic heterocycles. The summed E-state index contributed by atoms with van der Waals surface area (Å²) < 4.78 is 0. The van der Waals surface area contributed by atoms with Gasteiger partial charge in [-0.1, -0.05) is 92.7 Å². The van der Waals surface area contributed by atoms with Crippen LogP contribution < -0.4 is 4.90 Å². The summed E-state index contributed by atoms with van der Waals surface area (Å²) in [5.41, 5.74) is 14.5. The second-order valence-electron chi connectivity index (χ2n) is 12.5. The maximum Gasteiger partial charge on any atom is 0.0771 e. The summed E-state index contributed by atoms with van der Waals surface area (Å²) >= 11 is 3.77. The summed E-state index contributed by atoms with van der Waals surface area (Å²) in [6.45, 7) is 4.78. The number of hydrogen-bond acceptors (Lipinski definition) is 3. The molecule has 1 spiro atoms. The number of nitrogens with zero attached hydrogens (tertiary/aromatic N) is 1. The second kappa shape index (κ2) is 8.13. The van der Waals surface area contributed by atoms with E-state index in [1.807, 2.05) is 22.7 Å². The maximum absolute atomic E-state index is 2.57. The van der Waals surface area contributed by atoms with Crippen LogP contribution in [0.15, 0.2) is 126 Å². The molecule has 3 heterocycles. The first-order valence-electron chi connectivity index (χ1n) is 14.9. The monoisotopic (exact) mass is 585 g/mol. The highest BCUT2D eigenvalue weighted by atomic mass is 32.1. The summed E-state index contributed by atoms with van der Waals surface area (Å²) in [5, 5.41) is 7.11. The molecule has 3 heteroatoms. The molecule has 1 nitrogen and oxygen atoms in total. The number of anilines is 3. The Kier molecular flexibility index (Phi) is 4.55. The molecule has 0 atom stereocenters. The largest absolute Gasteiger partial charge is 0.309 e. The quantitative estimate of drug-likeness (QED) is 0.185. The van der Waals surface area contributed by atoms with Crippen LogP contribution in [0.1, 0.15) is 47.2 Å². The molecule has 0 saturated carbocycles. The number of thiophene rings is 2.